The average molecular weight is 423 g/mol. The van der Waals surface area contributed by atoms with Crippen molar-refractivity contribution in [1.82, 2.24) is 9.36 Å². The lowest BCUT2D eigenvalue weighted by molar-refractivity contribution is -0.122. The first-order valence-electron chi connectivity index (χ1n) is 9.92. The molecular weight excluding hydrogens is 398 g/mol. The number of hydrogen-bond acceptors (Lipinski definition) is 5. The van der Waals surface area contributed by atoms with Crippen LogP contribution in [0.15, 0.2) is 59.4 Å². The molecule has 162 valence electrons. The molecule has 1 amide bonds. The minimum absolute atomic E-state index is 0.199. The topological polar surface area (TPSA) is 91.6 Å². The summed E-state index contributed by atoms with van der Waals surface area (Å²) in [7, 11) is 1.75. The summed E-state index contributed by atoms with van der Waals surface area (Å²) >= 11 is 0. The van der Waals surface area contributed by atoms with Gasteiger partial charge in [-0.1, -0.05) is 18.2 Å². The molecule has 0 saturated heterocycles. The Morgan fingerprint density at radius 1 is 1.06 bits per heavy atom. The molecule has 2 aromatic carbocycles. The van der Waals surface area contributed by atoms with Crippen molar-refractivity contribution in [3.05, 3.63) is 76.2 Å². The van der Waals surface area contributed by atoms with Crippen LogP contribution in [0.5, 0.6) is 5.75 Å². The number of hydrogen-bond donors (Lipinski definition) is 1. The van der Waals surface area contributed by atoms with Gasteiger partial charge >= 0.3 is 5.97 Å². The van der Waals surface area contributed by atoms with E-state index >= 15 is 0 Å². The van der Waals surface area contributed by atoms with Crippen LogP contribution in [-0.2, 0) is 16.6 Å². The van der Waals surface area contributed by atoms with E-state index in [-0.39, 0.29) is 11.2 Å². The highest BCUT2D eigenvalue weighted by Gasteiger charge is 2.22. The van der Waals surface area contributed by atoms with E-state index in [4.69, 9.17) is 9.47 Å². The Hall–Kier alpha value is -3.81. The molecule has 0 spiro atoms. The van der Waals surface area contributed by atoms with Crippen LogP contribution < -0.4 is 15.6 Å². The number of amides is 1. The zero-order valence-electron chi connectivity index (χ0n) is 17.9. The molecule has 8 heteroatoms. The molecule has 1 aromatic heterocycles. The van der Waals surface area contributed by atoms with Crippen LogP contribution in [0, 0.1) is 6.92 Å². The van der Waals surface area contributed by atoms with Crippen LogP contribution in [-0.4, -0.2) is 34.0 Å². The van der Waals surface area contributed by atoms with E-state index in [0.717, 1.165) is 0 Å². The molecular formula is C23H25N3O5. The van der Waals surface area contributed by atoms with Gasteiger partial charge in [0.05, 0.1) is 23.6 Å². The average Bonchev–Trinajstić information content (AvgIpc) is 2.98. The van der Waals surface area contributed by atoms with Crippen molar-refractivity contribution in [2.75, 3.05) is 11.9 Å². The molecule has 0 radical (unpaired) electrons. The van der Waals surface area contributed by atoms with E-state index in [1.54, 1.807) is 56.8 Å². The lowest BCUT2D eigenvalue weighted by atomic mass is 10.2. The summed E-state index contributed by atoms with van der Waals surface area (Å²) in [6, 6.07) is 15.5. The maximum absolute atomic E-state index is 12.9. The second kappa shape index (κ2) is 9.34. The number of nitrogens with zero attached hydrogens (tertiary/aromatic N) is 2. The highest BCUT2D eigenvalue weighted by molar-refractivity contribution is 5.94. The number of anilines is 1. The Morgan fingerprint density at radius 3 is 2.32 bits per heavy atom. The van der Waals surface area contributed by atoms with Gasteiger partial charge in [-0.15, -0.1) is 0 Å². The summed E-state index contributed by atoms with van der Waals surface area (Å²) in [5.74, 6) is -0.461. The van der Waals surface area contributed by atoms with Crippen molar-refractivity contribution in [2.45, 2.75) is 26.9 Å². The molecule has 31 heavy (non-hydrogen) atoms. The summed E-state index contributed by atoms with van der Waals surface area (Å²) < 4.78 is 13.8. The molecule has 3 rings (SSSR count). The molecule has 3 aromatic rings. The van der Waals surface area contributed by atoms with Gasteiger partial charge in [0, 0.05) is 7.05 Å². The van der Waals surface area contributed by atoms with Crippen LogP contribution in [0.1, 0.15) is 29.9 Å². The lowest BCUT2D eigenvalue weighted by Gasteiger charge is -2.14. The number of nitrogens with one attached hydrogen (secondary N) is 1. The summed E-state index contributed by atoms with van der Waals surface area (Å²) in [5, 5.41) is 2.68. The SMILES string of the molecule is CCOC(=O)c1ccc(O[C@H](C)C(=O)Nc2c(C)n(C)n(-c3ccccc3)c2=O)cc1. The van der Waals surface area contributed by atoms with E-state index in [0.29, 0.717) is 29.3 Å². The zero-order chi connectivity index (χ0) is 22.5. The largest absolute Gasteiger partial charge is 0.481 e. The molecule has 8 nitrogen and oxygen atoms in total. The molecule has 0 saturated carbocycles. The van der Waals surface area contributed by atoms with E-state index in [1.807, 2.05) is 30.3 Å². The van der Waals surface area contributed by atoms with Gasteiger partial charge in [-0.3, -0.25) is 14.3 Å². The standard InChI is InChI=1S/C23H25N3O5/c1-5-30-23(29)17-11-13-19(14-12-17)31-16(3)21(27)24-20-15(2)25(4)26(22(20)28)18-9-7-6-8-10-18/h6-14,16H,5H2,1-4H3,(H,24,27)/t16-/m1/s1. The highest BCUT2D eigenvalue weighted by Crippen LogP contribution is 2.17. The fourth-order valence-corrected chi connectivity index (χ4v) is 3.08. The first kappa shape index (κ1) is 21.9. The van der Waals surface area contributed by atoms with Crippen molar-refractivity contribution in [2.24, 2.45) is 7.05 Å². The number of carbonyl (C=O) groups is 2. The highest BCUT2D eigenvalue weighted by atomic mass is 16.5. The van der Waals surface area contributed by atoms with Crippen LogP contribution >= 0.6 is 0 Å². The number of benzene rings is 2. The van der Waals surface area contributed by atoms with Crippen molar-refractivity contribution in [3.63, 3.8) is 0 Å². The van der Waals surface area contributed by atoms with Gasteiger partial charge in [-0.25, -0.2) is 9.48 Å². The number of esters is 1. The minimum Gasteiger partial charge on any atom is -0.481 e. The Balaban J connectivity index is 1.73. The van der Waals surface area contributed by atoms with E-state index in [9.17, 15) is 14.4 Å². The Labute approximate surface area is 180 Å². The fraction of sp³-hybridized carbons (Fsp3) is 0.261. The van der Waals surface area contributed by atoms with Crippen molar-refractivity contribution in [3.8, 4) is 11.4 Å². The van der Waals surface area contributed by atoms with Gasteiger partial charge in [-0.2, -0.15) is 0 Å². The quantitative estimate of drug-likeness (QED) is 0.590. The van der Waals surface area contributed by atoms with Gasteiger partial charge in [-0.05, 0) is 57.2 Å². The second-order valence-electron chi connectivity index (χ2n) is 6.93. The van der Waals surface area contributed by atoms with Crippen molar-refractivity contribution in [1.29, 1.82) is 0 Å². The summed E-state index contributed by atoms with van der Waals surface area (Å²) in [6.45, 7) is 5.37. The van der Waals surface area contributed by atoms with Crippen molar-refractivity contribution >= 4 is 17.6 Å². The number of aromatic nitrogens is 2. The zero-order valence-corrected chi connectivity index (χ0v) is 17.9. The first-order chi connectivity index (χ1) is 14.8. The predicted octanol–water partition coefficient (Wildman–Crippen LogP) is 3.07. The molecule has 0 aliphatic heterocycles. The van der Waals surface area contributed by atoms with Crippen LogP contribution in [0.4, 0.5) is 5.69 Å². The Kier molecular flexibility index (Phi) is 6.59. The lowest BCUT2D eigenvalue weighted by Crippen LogP contribution is -2.32. The molecule has 0 fully saturated rings. The van der Waals surface area contributed by atoms with E-state index < -0.39 is 18.0 Å². The van der Waals surface area contributed by atoms with Crippen LogP contribution in [0.3, 0.4) is 0 Å². The maximum Gasteiger partial charge on any atom is 0.338 e. The predicted molar refractivity (Wildman–Crippen MR) is 117 cm³/mol. The summed E-state index contributed by atoms with van der Waals surface area (Å²) in [5.41, 5.74) is 1.58. The van der Waals surface area contributed by atoms with Gasteiger partial charge in [0.1, 0.15) is 11.4 Å². The Morgan fingerprint density at radius 2 is 1.71 bits per heavy atom. The third-order valence-electron chi connectivity index (χ3n) is 4.85. The van der Waals surface area contributed by atoms with Gasteiger partial charge in [0.2, 0.25) is 0 Å². The van der Waals surface area contributed by atoms with Gasteiger partial charge in [0.25, 0.3) is 11.5 Å². The van der Waals surface area contributed by atoms with Gasteiger partial charge in [0.15, 0.2) is 6.10 Å². The number of para-hydroxylation sites is 1. The maximum atomic E-state index is 12.9. The minimum atomic E-state index is -0.863. The molecule has 1 heterocycles. The van der Waals surface area contributed by atoms with Crippen LogP contribution in [0.25, 0.3) is 5.69 Å². The normalized spacial score (nSPS) is 11.6. The molecule has 0 bridgehead atoms. The van der Waals surface area contributed by atoms with E-state index in [1.165, 1.54) is 4.68 Å². The molecule has 0 unspecified atom stereocenters. The first-order valence-corrected chi connectivity index (χ1v) is 9.92. The third-order valence-corrected chi connectivity index (χ3v) is 4.85. The third kappa shape index (κ3) is 4.69. The van der Waals surface area contributed by atoms with Crippen LogP contribution in [0.2, 0.25) is 0 Å². The fourth-order valence-electron chi connectivity index (χ4n) is 3.08. The number of carbonyl (C=O) groups excluding carboxylic acids is 2. The van der Waals surface area contributed by atoms with Crippen molar-refractivity contribution < 1.29 is 19.1 Å². The number of rotatable bonds is 7. The summed E-state index contributed by atoms with van der Waals surface area (Å²) in [6.07, 6.45) is -0.863. The second-order valence-corrected chi connectivity index (χ2v) is 6.93. The van der Waals surface area contributed by atoms with E-state index in [2.05, 4.69) is 5.32 Å². The number of ether oxygens (including phenoxy) is 2. The summed E-state index contributed by atoms with van der Waals surface area (Å²) in [4.78, 5) is 37.3. The smallest absolute Gasteiger partial charge is 0.338 e. The molecule has 1 atom stereocenters. The Bertz CT molecular complexity index is 1130. The molecule has 0 aliphatic rings. The monoisotopic (exact) mass is 423 g/mol. The van der Waals surface area contributed by atoms with Gasteiger partial charge < -0.3 is 14.8 Å². The molecule has 0 aliphatic carbocycles. The molecule has 1 N–H and O–H groups in total.